The molecular formula is C17H21N2O7P. The van der Waals surface area contributed by atoms with Crippen LogP contribution in [-0.2, 0) is 22.2 Å². The summed E-state index contributed by atoms with van der Waals surface area (Å²) in [5.41, 5.74) is 7.31. The van der Waals surface area contributed by atoms with Gasteiger partial charge in [0.15, 0.2) is 11.5 Å². The van der Waals surface area contributed by atoms with Crippen molar-refractivity contribution in [2.45, 2.75) is 18.9 Å². The van der Waals surface area contributed by atoms with Gasteiger partial charge in [-0.2, -0.15) is 0 Å². The zero-order valence-corrected chi connectivity index (χ0v) is 15.2. The van der Waals surface area contributed by atoms with Crippen molar-refractivity contribution in [1.29, 1.82) is 0 Å². The van der Waals surface area contributed by atoms with Gasteiger partial charge in [-0.25, -0.2) is 4.57 Å². The monoisotopic (exact) mass is 396 g/mol. The maximum Gasteiger partial charge on any atom is 0.524 e. The first-order valence-corrected chi connectivity index (χ1v) is 9.55. The number of amides is 1. The van der Waals surface area contributed by atoms with Crippen molar-refractivity contribution in [2.75, 3.05) is 6.54 Å². The van der Waals surface area contributed by atoms with Crippen LogP contribution in [0.2, 0.25) is 0 Å². The molecule has 10 heteroatoms. The zero-order chi connectivity index (χ0) is 20.0. The largest absolute Gasteiger partial charge is 0.524 e. The van der Waals surface area contributed by atoms with Crippen LogP contribution in [-0.4, -0.2) is 38.5 Å². The molecule has 2 rings (SSSR count). The van der Waals surface area contributed by atoms with Gasteiger partial charge < -0.3 is 25.8 Å². The van der Waals surface area contributed by atoms with Crippen LogP contribution in [0.4, 0.5) is 0 Å². The third kappa shape index (κ3) is 6.92. The minimum atomic E-state index is -4.78. The lowest BCUT2D eigenvalue weighted by molar-refractivity contribution is -0.122. The van der Waals surface area contributed by atoms with Crippen LogP contribution in [0.15, 0.2) is 42.5 Å². The lowest BCUT2D eigenvalue weighted by Crippen LogP contribution is -2.42. The van der Waals surface area contributed by atoms with Gasteiger partial charge in [0.1, 0.15) is 5.75 Å². The van der Waals surface area contributed by atoms with Gasteiger partial charge in [-0.05, 0) is 48.2 Å². The summed E-state index contributed by atoms with van der Waals surface area (Å²) in [7, 11) is -4.78. The SMILES string of the molecule is NC(Cc1ccc(OP(=O)(O)O)c(O)c1)C(=O)NCCc1ccc(O)cc1. The number of rotatable bonds is 8. The smallest absolute Gasteiger partial charge is 0.508 e. The predicted octanol–water partition coefficient (Wildman–Crippen LogP) is 0.798. The van der Waals surface area contributed by atoms with E-state index in [0.29, 0.717) is 18.5 Å². The third-order valence-electron chi connectivity index (χ3n) is 3.68. The highest BCUT2D eigenvalue weighted by atomic mass is 31.2. The Morgan fingerprint density at radius 1 is 1.11 bits per heavy atom. The van der Waals surface area contributed by atoms with E-state index in [1.54, 1.807) is 24.3 Å². The summed E-state index contributed by atoms with van der Waals surface area (Å²) in [6.45, 7) is 0.373. The molecule has 0 bridgehead atoms. The average Bonchev–Trinajstić information content (AvgIpc) is 2.58. The minimum absolute atomic E-state index is 0.120. The molecule has 0 aromatic heterocycles. The summed E-state index contributed by atoms with van der Waals surface area (Å²) in [6.07, 6.45) is 0.697. The number of phenolic OH excluding ortho intramolecular Hbond substituents is 2. The lowest BCUT2D eigenvalue weighted by atomic mass is 10.1. The number of phosphoric ester groups is 1. The number of nitrogens with one attached hydrogen (secondary N) is 1. The molecule has 0 heterocycles. The van der Waals surface area contributed by atoms with Crippen LogP contribution in [0.3, 0.4) is 0 Å². The van der Waals surface area contributed by atoms with Crippen molar-refractivity contribution >= 4 is 13.7 Å². The summed E-state index contributed by atoms with van der Waals surface area (Å²) in [6, 6.07) is 9.65. The molecule has 0 saturated heterocycles. The van der Waals surface area contributed by atoms with Crippen molar-refractivity contribution < 1.29 is 33.9 Å². The van der Waals surface area contributed by atoms with Crippen molar-refractivity contribution in [3.63, 3.8) is 0 Å². The van der Waals surface area contributed by atoms with Crippen LogP contribution < -0.4 is 15.6 Å². The molecule has 0 aliphatic carbocycles. The fraction of sp³-hybridized carbons (Fsp3) is 0.235. The fourth-order valence-electron chi connectivity index (χ4n) is 2.37. The van der Waals surface area contributed by atoms with Crippen molar-refractivity contribution in [1.82, 2.24) is 5.32 Å². The van der Waals surface area contributed by atoms with Crippen molar-refractivity contribution in [3.8, 4) is 17.2 Å². The zero-order valence-electron chi connectivity index (χ0n) is 14.3. The van der Waals surface area contributed by atoms with Crippen LogP contribution in [0.1, 0.15) is 11.1 Å². The van der Waals surface area contributed by atoms with Crippen LogP contribution in [0.5, 0.6) is 17.2 Å². The normalized spacial score (nSPS) is 12.4. The summed E-state index contributed by atoms with van der Waals surface area (Å²) in [5.74, 6) is -1.02. The van der Waals surface area contributed by atoms with Crippen molar-refractivity contribution in [2.24, 2.45) is 5.73 Å². The molecule has 0 spiro atoms. The van der Waals surface area contributed by atoms with Gasteiger partial charge in [0.2, 0.25) is 5.91 Å². The fourth-order valence-corrected chi connectivity index (χ4v) is 2.78. The van der Waals surface area contributed by atoms with Gasteiger partial charge in [0.25, 0.3) is 0 Å². The van der Waals surface area contributed by atoms with Gasteiger partial charge in [-0.1, -0.05) is 18.2 Å². The van der Waals surface area contributed by atoms with Gasteiger partial charge in [-0.15, -0.1) is 0 Å². The average molecular weight is 396 g/mol. The van der Waals surface area contributed by atoms with E-state index in [4.69, 9.17) is 15.5 Å². The topological polar surface area (TPSA) is 162 Å². The highest BCUT2D eigenvalue weighted by Gasteiger charge is 2.19. The molecule has 7 N–H and O–H groups in total. The van der Waals surface area contributed by atoms with E-state index in [1.807, 2.05) is 0 Å². The van der Waals surface area contributed by atoms with Crippen LogP contribution in [0.25, 0.3) is 0 Å². The number of carbonyl (C=O) groups is 1. The second kappa shape index (κ2) is 8.88. The molecule has 0 saturated carbocycles. The molecule has 1 amide bonds. The Kier molecular flexibility index (Phi) is 6.81. The number of aromatic hydroxyl groups is 2. The standard InChI is InChI=1S/C17H21N2O7P/c18-14(17(22)19-8-7-11-1-4-13(20)5-2-11)9-12-3-6-16(15(21)10-12)26-27(23,24)25/h1-6,10,14,20-21H,7-9,18H2,(H,19,22)(H2,23,24,25). The summed E-state index contributed by atoms with van der Waals surface area (Å²) >= 11 is 0. The van der Waals surface area contributed by atoms with E-state index in [0.717, 1.165) is 5.56 Å². The maximum atomic E-state index is 12.1. The molecule has 2 aromatic rings. The number of hydrogen-bond acceptors (Lipinski definition) is 6. The van der Waals surface area contributed by atoms with Gasteiger partial charge in [0, 0.05) is 6.54 Å². The number of nitrogens with two attached hydrogens (primary N) is 1. The molecule has 0 aliphatic rings. The number of phenols is 2. The van der Waals surface area contributed by atoms with Gasteiger partial charge in [0.05, 0.1) is 6.04 Å². The number of hydrogen-bond donors (Lipinski definition) is 6. The molecule has 0 radical (unpaired) electrons. The van der Waals surface area contributed by atoms with Gasteiger partial charge in [-0.3, -0.25) is 14.6 Å². The first-order valence-electron chi connectivity index (χ1n) is 8.02. The van der Waals surface area contributed by atoms with E-state index in [-0.39, 0.29) is 23.8 Å². The Morgan fingerprint density at radius 3 is 2.33 bits per heavy atom. The quantitative estimate of drug-likeness (QED) is 0.357. The number of benzene rings is 2. The summed E-state index contributed by atoms with van der Waals surface area (Å²) in [5, 5.41) is 21.7. The second-order valence-corrected chi connectivity index (χ2v) is 7.07. The maximum absolute atomic E-state index is 12.1. The molecule has 146 valence electrons. The van der Waals surface area contributed by atoms with E-state index < -0.39 is 19.6 Å². The van der Waals surface area contributed by atoms with E-state index in [2.05, 4.69) is 9.84 Å². The summed E-state index contributed by atoms with van der Waals surface area (Å²) in [4.78, 5) is 29.6. The van der Waals surface area contributed by atoms with Crippen LogP contribution >= 0.6 is 7.82 Å². The summed E-state index contributed by atoms with van der Waals surface area (Å²) < 4.78 is 15.1. The molecule has 27 heavy (non-hydrogen) atoms. The first kappa shape index (κ1) is 20.7. The highest BCUT2D eigenvalue weighted by molar-refractivity contribution is 7.46. The number of phosphoric acid groups is 1. The Hall–Kier alpha value is -2.58. The minimum Gasteiger partial charge on any atom is -0.508 e. The Bertz CT molecular complexity index is 836. The predicted molar refractivity (Wildman–Crippen MR) is 97.3 cm³/mol. The molecular weight excluding hydrogens is 375 g/mol. The molecule has 2 aromatic carbocycles. The van der Waals surface area contributed by atoms with E-state index in [9.17, 15) is 19.6 Å². The van der Waals surface area contributed by atoms with Gasteiger partial charge >= 0.3 is 7.82 Å². The lowest BCUT2D eigenvalue weighted by Gasteiger charge is -2.14. The third-order valence-corrected chi connectivity index (χ3v) is 4.12. The van der Waals surface area contributed by atoms with Crippen molar-refractivity contribution in [3.05, 3.63) is 53.6 Å². The highest BCUT2D eigenvalue weighted by Crippen LogP contribution is 2.41. The Morgan fingerprint density at radius 2 is 1.74 bits per heavy atom. The molecule has 9 nitrogen and oxygen atoms in total. The molecule has 0 aliphatic heterocycles. The van der Waals surface area contributed by atoms with E-state index >= 15 is 0 Å². The second-order valence-electron chi connectivity index (χ2n) is 5.90. The number of carbonyl (C=O) groups excluding carboxylic acids is 1. The molecule has 1 unspecified atom stereocenters. The molecule has 0 fully saturated rings. The first-order chi connectivity index (χ1) is 12.6. The Balaban J connectivity index is 1.85. The molecule has 1 atom stereocenters. The Labute approximate surface area is 155 Å². The van der Waals surface area contributed by atoms with Crippen LogP contribution in [0, 0.1) is 0 Å². The van der Waals surface area contributed by atoms with E-state index in [1.165, 1.54) is 18.2 Å².